The maximum absolute atomic E-state index is 12.8. The summed E-state index contributed by atoms with van der Waals surface area (Å²) in [5.74, 6) is -1.03. The van der Waals surface area contributed by atoms with Gasteiger partial charge in [-0.3, -0.25) is 9.59 Å². The van der Waals surface area contributed by atoms with E-state index in [0.29, 0.717) is 16.4 Å². The number of anilines is 1. The number of nitrogens with one attached hydrogen (secondary N) is 1. The number of benzene rings is 2. The zero-order valence-electron chi connectivity index (χ0n) is 18.2. The van der Waals surface area contributed by atoms with Crippen LogP contribution in [0.1, 0.15) is 16.6 Å². The van der Waals surface area contributed by atoms with E-state index >= 15 is 0 Å². The minimum absolute atomic E-state index is 0.200. The van der Waals surface area contributed by atoms with Crippen molar-refractivity contribution in [3.8, 4) is 21.7 Å². The fraction of sp³-hybridized carbons (Fsp3) is 0.120. The van der Waals surface area contributed by atoms with Crippen LogP contribution in [0.4, 0.5) is 5.69 Å². The van der Waals surface area contributed by atoms with Crippen LogP contribution in [-0.4, -0.2) is 28.3 Å². The van der Waals surface area contributed by atoms with Crippen LogP contribution in [0.15, 0.2) is 77.6 Å². The van der Waals surface area contributed by atoms with Crippen LogP contribution in [0.2, 0.25) is 5.02 Å². The highest BCUT2D eigenvalue weighted by Gasteiger charge is 2.20. The predicted molar refractivity (Wildman–Crippen MR) is 133 cm³/mol. The van der Waals surface area contributed by atoms with Gasteiger partial charge in [-0.2, -0.15) is 5.10 Å². The van der Waals surface area contributed by atoms with Crippen LogP contribution in [0.3, 0.4) is 0 Å². The van der Waals surface area contributed by atoms with E-state index in [1.807, 2.05) is 42.5 Å². The van der Waals surface area contributed by atoms with E-state index in [1.165, 1.54) is 17.4 Å². The second kappa shape index (κ2) is 10.5. The lowest BCUT2D eigenvalue weighted by Gasteiger charge is -2.09. The van der Waals surface area contributed by atoms with E-state index in [9.17, 15) is 14.4 Å². The normalized spacial score (nSPS) is 10.6. The lowest BCUT2D eigenvalue weighted by atomic mass is 10.1. The molecule has 1 N–H and O–H groups in total. The molecule has 34 heavy (non-hydrogen) atoms. The van der Waals surface area contributed by atoms with Gasteiger partial charge in [-0.25, -0.2) is 9.48 Å². The Morgan fingerprint density at radius 1 is 1.03 bits per heavy atom. The molecule has 0 aliphatic rings. The molecule has 2 aromatic carbocycles. The van der Waals surface area contributed by atoms with Gasteiger partial charge < -0.3 is 10.1 Å². The average Bonchev–Trinajstić information content (AvgIpc) is 3.25. The molecular weight excluding hydrogens is 474 g/mol. The van der Waals surface area contributed by atoms with E-state index in [-0.39, 0.29) is 18.0 Å². The first kappa shape index (κ1) is 23.4. The number of nitrogens with zero attached hydrogens (tertiary/aromatic N) is 2. The van der Waals surface area contributed by atoms with Crippen molar-refractivity contribution in [3.63, 3.8) is 0 Å². The average molecular weight is 494 g/mol. The second-order valence-corrected chi connectivity index (χ2v) is 8.70. The SMILES string of the molecule is CCOC(=O)c1sc(-c2ccc(Cl)cc2)cc1NC(=O)Cn1nc(-c2ccccc2)ccc1=O. The number of hydrogen-bond donors (Lipinski definition) is 1. The number of esters is 1. The zero-order chi connectivity index (χ0) is 24.1. The van der Waals surface area contributed by atoms with E-state index in [0.717, 1.165) is 20.7 Å². The molecule has 2 heterocycles. The van der Waals surface area contributed by atoms with Crippen LogP contribution in [-0.2, 0) is 16.1 Å². The summed E-state index contributed by atoms with van der Waals surface area (Å²) in [7, 11) is 0. The Morgan fingerprint density at radius 2 is 1.76 bits per heavy atom. The van der Waals surface area contributed by atoms with Crippen LogP contribution in [0.25, 0.3) is 21.7 Å². The van der Waals surface area contributed by atoms with E-state index in [4.69, 9.17) is 16.3 Å². The van der Waals surface area contributed by atoms with Crippen molar-refractivity contribution in [2.24, 2.45) is 0 Å². The number of rotatable bonds is 7. The molecule has 9 heteroatoms. The van der Waals surface area contributed by atoms with Gasteiger partial charge >= 0.3 is 5.97 Å². The third-order valence-electron chi connectivity index (χ3n) is 4.83. The van der Waals surface area contributed by atoms with Crippen LogP contribution >= 0.6 is 22.9 Å². The molecule has 0 saturated heterocycles. The van der Waals surface area contributed by atoms with Crippen LogP contribution in [0.5, 0.6) is 0 Å². The molecular formula is C25H20ClN3O4S. The largest absolute Gasteiger partial charge is 0.462 e. The topological polar surface area (TPSA) is 90.3 Å². The Labute approximate surface area is 204 Å². The molecule has 0 atom stereocenters. The smallest absolute Gasteiger partial charge is 0.350 e. The zero-order valence-corrected chi connectivity index (χ0v) is 19.7. The lowest BCUT2D eigenvalue weighted by molar-refractivity contribution is -0.117. The number of hydrogen-bond acceptors (Lipinski definition) is 6. The number of aromatic nitrogens is 2. The van der Waals surface area contributed by atoms with Gasteiger partial charge in [-0.1, -0.05) is 54.1 Å². The standard InChI is InChI=1S/C25H20ClN3O4S/c1-2-33-25(32)24-20(14-21(34-24)17-8-10-18(26)11-9-17)27-22(30)15-29-23(31)13-12-19(28-29)16-6-4-3-5-7-16/h3-14H,2,15H2,1H3,(H,27,30). The molecule has 0 aliphatic heterocycles. The monoisotopic (exact) mass is 493 g/mol. The first-order valence-electron chi connectivity index (χ1n) is 10.4. The maximum Gasteiger partial charge on any atom is 0.350 e. The molecule has 0 saturated carbocycles. The van der Waals surface area contributed by atoms with Crippen molar-refractivity contribution < 1.29 is 14.3 Å². The Balaban J connectivity index is 1.59. The van der Waals surface area contributed by atoms with Crippen molar-refractivity contribution in [2.45, 2.75) is 13.5 Å². The van der Waals surface area contributed by atoms with E-state index in [2.05, 4.69) is 10.4 Å². The number of carbonyl (C=O) groups is 2. The van der Waals surface area contributed by atoms with E-state index < -0.39 is 17.4 Å². The first-order valence-corrected chi connectivity index (χ1v) is 11.6. The fourth-order valence-corrected chi connectivity index (χ4v) is 4.38. The third-order valence-corrected chi connectivity index (χ3v) is 6.24. The van der Waals surface area contributed by atoms with Crippen LogP contribution < -0.4 is 10.9 Å². The molecule has 4 aromatic rings. The Hall–Kier alpha value is -3.75. The van der Waals surface area contributed by atoms with Crippen molar-refractivity contribution in [3.05, 3.63) is 93.0 Å². The molecule has 2 aromatic heterocycles. The fourth-order valence-electron chi connectivity index (χ4n) is 3.24. The maximum atomic E-state index is 12.8. The van der Waals surface area contributed by atoms with Crippen molar-refractivity contribution in [1.82, 2.24) is 9.78 Å². The number of amides is 1. The second-order valence-electron chi connectivity index (χ2n) is 7.21. The molecule has 0 bridgehead atoms. The molecule has 7 nitrogen and oxygen atoms in total. The highest BCUT2D eigenvalue weighted by molar-refractivity contribution is 7.18. The summed E-state index contributed by atoms with van der Waals surface area (Å²) in [5, 5.41) is 7.64. The highest BCUT2D eigenvalue weighted by atomic mass is 35.5. The minimum atomic E-state index is -0.538. The third kappa shape index (κ3) is 5.41. The van der Waals surface area contributed by atoms with Gasteiger partial charge in [-0.05, 0) is 36.8 Å². The number of ether oxygens (including phenoxy) is 1. The highest BCUT2D eigenvalue weighted by Crippen LogP contribution is 2.36. The van der Waals surface area contributed by atoms with Crippen LogP contribution in [0, 0.1) is 0 Å². The summed E-state index contributed by atoms with van der Waals surface area (Å²) >= 11 is 7.18. The van der Waals surface area contributed by atoms with Crippen molar-refractivity contribution >= 4 is 40.5 Å². The summed E-state index contributed by atoms with van der Waals surface area (Å²) in [5.41, 5.74) is 2.14. The Bertz CT molecular complexity index is 1380. The molecule has 172 valence electrons. The summed E-state index contributed by atoms with van der Waals surface area (Å²) in [6.07, 6.45) is 0. The van der Waals surface area contributed by atoms with Gasteiger partial charge in [0, 0.05) is 21.5 Å². The van der Waals surface area contributed by atoms with Crippen molar-refractivity contribution in [2.75, 3.05) is 11.9 Å². The molecule has 1 amide bonds. The summed E-state index contributed by atoms with van der Waals surface area (Å²) in [6, 6.07) is 21.2. The van der Waals surface area contributed by atoms with Gasteiger partial charge in [0.1, 0.15) is 11.4 Å². The molecule has 0 spiro atoms. The molecule has 0 radical (unpaired) electrons. The van der Waals surface area contributed by atoms with Gasteiger partial charge in [0.25, 0.3) is 5.56 Å². The Morgan fingerprint density at radius 3 is 2.47 bits per heavy atom. The molecule has 0 fully saturated rings. The summed E-state index contributed by atoms with van der Waals surface area (Å²) < 4.78 is 6.24. The van der Waals surface area contributed by atoms with Gasteiger partial charge in [0.15, 0.2) is 0 Å². The van der Waals surface area contributed by atoms with Gasteiger partial charge in [-0.15, -0.1) is 11.3 Å². The Kier molecular flexibility index (Phi) is 7.20. The lowest BCUT2D eigenvalue weighted by Crippen LogP contribution is -2.29. The summed E-state index contributed by atoms with van der Waals surface area (Å²) in [4.78, 5) is 38.7. The molecule has 4 rings (SSSR count). The first-order chi connectivity index (χ1) is 16.4. The van der Waals surface area contributed by atoms with Gasteiger partial charge in [0.05, 0.1) is 18.0 Å². The molecule has 0 aliphatic carbocycles. The van der Waals surface area contributed by atoms with Crippen molar-refractivity contribution in [1.29, 1.82) is 0 Å². The van der Waals surface area contributed by atoms with Gasteiger partial charge in [0.2, 0.25) is 5.91 Å². The number of carbonyl (C=O) groups excluding carboxylic acids is 2. The predicted octanol–water partition coefficient (Wildman–Crippen LogP) is 5.11. The van der Waals surface area contributed by atoms with E-state index in [1.54, 1.807) is 31.2 Å². The summed E-state index contributed by atoms with van der Waals surface area (Å²) in [6.45, 7) is 1.60. The minimum Gasteiger partial charge on any atom is -0.462 e. The quantitative estimate of drug-likeness (QED) is 0.361. The molecule has 0 unspecified atom stereocenters. The number of halogens is 1. The number of thiophene rings is 1.